The van der Waals surface area contributed by atoms with E-state index in [2.05, 4.69) is 15.4 Å². The Balaban J connectivity index is 1.60. The Bertz CT molecular complexity index is 1390. The molecule has 4 aromatic rings. The van der Waals surface area contributed by atoms with Gasteiger partial charge in [-0.2, -0.15) is 5.11 Å². The molecule has 4 rings (SSSR count). The maximum Gasteiger partial charge on any atom is 0.335 e. The molecule has 0 saturated carbocycles. The first-order valence-corrected chi connectivity index (χ1v) is 9.68. The van der Waals surface area contributed by atoms with Crippen LogP contribution in [-0.2, 0) is 0 Å². The Morgan fingerprint density at radius 3 is 2.58 bits per heavy atom. The minimum absolute atomic E-state index is 0.161. The standard InChI is InChI=1S/C24H17FN4O4/c25-18-12-15(6-11-22(18)30)27-13-21(29-26)20-10-9-17-19(28-20)2-1-3-23(17)33-16-7-4-14(5-8-16)24(31)32/h1-13,26-27,30H,(H,31,32)/b21-13-,29-26?. The van der Waals surface area contributed by atoms with E-state index in [9.17, 15) is 14.3 Å². The second kappa shape index (κ2) is 9.15. The second-order valence-corrected chi connectivity index (χ2v) is 6.90. The molecule has 0 atom stereocenters. The topological polar surface area (TPSA) is 128 Å². The predicted molar refractivity (Wildman–Crippen MR) is 120 cm³/mol. The van der Waals surface area contributed by atoms with Crippen LogP contribution in [0.4, 0.5) is 10.1 Å². The van der Waals surface area contributed by atoms with E-state index < -0.39 is 17.5 Å². The highest BCUT2D eigenvalue weighted by Crippen LogP contribution is 2.30. The quantitative estimate of drug-likeness (QED) is 0.204. The number of benzene rings is 3. The number of rotatable bonds is 7. The van der Waals surface area contributed by atoms with Crippen molar-refractivity contribution in [2.24, 2.45) is 5.11 Å². The number of phenolic OH excluding ortho intramolecular Hbond substituents is 1. The highest BCUT2D eigenvalue weighted by Gasteiger charge is 2.10. The van der Waals surface area contributed by atoms with Gasteiger partial charge in [0.05, 0.1) is 16.8 Å². The van der Waals surface area contributed by atoms with Gasteiger partial charge in [0.15, 0.2) is 11.6 Å². The minimum atomic E-state index is -1.02. The van der Waals surface area contributed by atoms with Gasteiger partial charge in [0.1, 0.15) is 17.2 Å². The van der Waals surface area contributed by atoms with Gasteiger partial charge in [-0.15, -0.1) is 0 Å². The smallest absolute Gasteiger partial charge is 0.335 e. The molecule has 0 aliphatic heterocycles. The molecule has 0 saturated heterocycles. The van der Waals surface area contributed by atoms with Gasteiger partial charge in [0.25, 0.3) is 0 Å². The number of halogens is 1. The van der Waals surface area contributed by atoms with E-state index in [4.69, 9.17) is 15.4 Å². The SMILES string of the molecule is N=N/C(=C\Nc1ccc(O)c(F)c1)c1ccc2c(Oc3ccc(C(=O)O)cc3)cccc2n1. The molecular formula is C24H17FN4O4. The van der Waals surface area contributed by atoms with Crippen LogP contribution in [-0.4, -0.2) is 21.2 Å². The van der Waals surface area contributed by atoms with Gasteiger partial charge in [-0.3, -0.25) is 0 Å². The molecule has 0 aliphatic carbocycles. The van der Waals surface area contributed by atoms with Crippen molar-refractivity contribution in [3.63, 3.8) is 0 Å². The average molecular weight is 444 g/mol. The summed E-state index contributed by atoms with van der Waals surface area (Å²) in [6.45, 7) is 0. The van der Waals surface area contributed by atoms with Gasteiger partial charge in [0.2, 0.25) is 0 Å². The van der Waals surface area contributed by atoms with Crippen molar-refractivity contribution in [2.75, 3.05) is 5.32 Å². The lowest BCUT2D eigenvalue weighted by Crippen LogP contribution is -1.96. The Labute approximate surface area is 187 Å². The number of carbonyl (C=O) groups is 1. The lowest BCUT2D eigenvalue weighted by atomic mass is 10.1. The number of ether oxygens (including phenoxy) is 1. The molecule has 8 nitrogen and oxygen atoms in total. The van der Waals surface area contributed by atoms with Crippen molar-refractivity contribution in [3.05, 3.63) is 96.1 Å². The van der Waals surface area contributed by atoms with Crippen molar-refractivity contribution in [1.82, 2.24) is 4.98 Å². The molecule has 33 heavy (non-hydrogen) atoms. The number of aromatic carboxylic acids is 1. The minimum Gasteiger partial charge on any atom is -0.505 e. The number of aromatic nitrogens is 1. The van der Waals surface area contributed by atoms with Crippen molar-refractivity contribution < 1.29 is 24.1 Å². The first-order chi connectivity index (χ1) is 15.9. The average Bonchev–Trinajstić information content (AvgIpc) is 2.82. The molecule has 0 aliphatic rings. The molecule has 1 heterocycles. The Morgan fingerprint density at radius 1 is 1.09 bits per heavy atom. The van der Waals surface area contributed by atoms with Crippen molar-refractivity contribution in [3.8, 4) is 17.2 Å². The maximum atomic E-state index is 13.5. The Kier molecular flexibility index (Phi) is 5.94. The number of anilines is 1. The molecule has 0 spiro atoms. The molecule has 4 N–H and O–H groups in total. The van der Waals surface area contributed by atoms with E-state index in [1.165, 1.54) is 30.5 Å². The van der Waals surface area contributed by atoms with Gasteiger partial charge < -0.3 is 20.3 Å². The molecular weight excluding hydrogens is 427 g/mol. The van der Waals surface area contributed by atoms with Crippen LogP contribution >= 0.6 is 0 Å². The van der Waals surface area contributed by atoms with Gasteiger partial charge in [-0.05, 0) is 60.7 Å². The van der Waals surface area contributed by atoms with E-state index in [0.717, 1.165) is 6.07 Å². The second-order valence-electron chi connectivity index (χ2n) is 6.90. The van der Waals surface area contributed by atoms with E-state index in [1.54, 1.807) is 42.5 Å². The fourth-order valence-electron chi connectivity index (χ4n) is 3.06. The van der Waals surface area contributed by atoms with Gasteiger partial charge in [0, 0.05) is 23.3 Å². The molecule has 0 bridgehead atoms. The highest BCUT2D eigenvalue weighted by atomic mass is 19.1. The third-order valence-corrected chi connectivity index (χ3v) is 4.73. The van der Waals surface area contributed by atoms with Crippen molar-refractivity contribution in [1.29, 1.82) is 5.53 Å². The van der Waals surface area contributed by atoms with Crippen LogP contribution in [0.25, 0.3) is 16.6 Å². The number of aromatic hydroxyl groups is 1. The highest BCUT2D eigenvalue weighted by molar-refractivity contribution is 5.88. The Morgan fingerprint density at radius 2 is 1.88 bits per heavy atom. The molecule has 9 heteroatoms. The number of carboxylic acid groups (broad SMARTS) is 1. The maximum absolute atomic E-state index is 13.5. The molecule has 164 valence electrons. The summed E-state index contributed by atoms with van der Waals surface area (Å²) in [5.74, 6) is -1.24. The van der Waals surface area contributed by atoms with Gasteiger partial charge in [-0.25, -0.2) is 19.7 Å². The Hall–Kier alpha value is -4.79. The summed E-state index contributed by atoms with van der Waals surface area (Å²) >= 11 is 0. The number of hydrogen-bond acceptors (Lipinski definition) is 7. The van der Waals surface area contributed by atoms with Crippen LogP contribution in [0.1, 0.15) is 16.1 Å². The van der Waals surface area contributed by atoms with Crippen LogP contribution in [0, 0.1) is 11.3 Å². The summed E-state index contributed by atoms with van der Waals surface area (Å²) in [5.41, 5.74) is 9.23. The first kappa shape index (κ1) is 21.4. The normalized spacial score (nSPS) is 11.2. The zero-order valence-corrected chi connectivity index (χ0v) is 17.0. The molecule has 0 amide bonds. The van der Waals surface area contributed by atoms with Crippen LogP contribution in [0.2, 0.25) is 0 Å². The number of hydrogen-bond donors (Lipinski definition) is 4. The fraction of sp³-hybridized carbons (Fsp3) is 0. The summed E-state index contributed by atoms with van der Waals surface area (Å²) in [6.07, 6.45) is 1.41. The summed E-state index contributed by atoms with van der Waals surface area (Å²) in [5, 5.41) is 25.3. The largest absolute Gasteiger partial charge is 0.505 e. The van der Waals surface area contributed by atoms with Crippen LogP contribution in [0.3, 0.4) is 0 Å². The lowest BCUT2D eigenvalue weighted by molar-refractivity contribution is 0.0697. The van der Waals surface area contributed by atoms with E-state index >= 15 is 0 Å². The van der Waals surface area contributed by atoms with Crippen molar-refractivity contribution in [2.45, 2.75) is 0 Å². The van der Waals surface area contributed by atoms with Gasteiger partial charge in [-0.1, -0.05) is 6.07 Å². The zero-order chi connectivity index (χ0) is 23.4. The number of carboxylic acids is 1. The molecule has 0 unspecified atom stereocenters. The third-order valence-electron chi connectivity index (χ3n) is 4.73. The van der Waals surface area contributed by atoms with E-state index in [0.29, 0.717) is 33.8 Å². The molecule has 1 aromatic heterocycles. The number of phenols is 1. The number of fused-ring (bicyclic) bond motifs is 1. The summed E-state index contributed by atoms with van der Waals surface area (Å²) in [4.78, 5) is 15.5. The van der Waals surface area contributed by atoms with Crippen LogP contribution in [0.5, 0.6) is 17.2 Å². The van der Waals surface area contributed by atoms with E-state index in [1.807, 2.05) is 0 Å². The first-order valence-electron chi connectivity index (χ1n) is 9.68. The number of pyridine rings is 1. The summed E-state index contributed by atoms with van der Waals surface area (Å²) in [6, 6.07) is 18.6. The van der Waals surface area contributed by atoms with Crippen LogP contribution < -0.4 is 10.1 Å². The third kappa shape index (κ3) is 4.77. The fourth-order valence-corrected chi connectivity index (χ4v) is 3.06. The number of nitrogens with one attached hydrogen (secondary N) is 2. The molecule has 0 radical (unpaired) electrons. The zero-order valence-electron chi connectivity index (χ0n) is 17.0. The summed E-state index contributed by atoms with van der Waals surface area (Å²) in [7, 11) is 0. The van der Waals surface area contributed by atoms with Crippen molar-refractivity contribution >= 4 is 28.3 Å². The monoisotopic (exact) mass is 444 g/mol. The van der Waals surface area contributed by atoms with E-state index in [-0.39, 0.29) is 11.3 Å². The predicted octanol–water partition coefficient (Wildman–Crippen LogP) is 6.01. The lowest BCUT2D eigenvalue weighted by Gasteiger charge is -2.10. The number of nitrogens with zero attached hydrogens (tertiary/aromatic N) is 2. The van der Waals surface area contributed by atoms with Crippen LogP contribution in [0.15, 0.2) is 84.1 Å². The van der Waals surface area contributed by atoms with Gasteiger partial charge >= 0.3 is 5.97 Å². The molecule has 0 fully saturated rings. The summed E-state index contributed by atoms with van der Waals surface area (Å²) < 4.78 is 19.4. The molecule has 3 aromatic carbocycles.